The minimum absolute atomic E-state index is 0.0370. The maximum absolute atomic E-state index is 15.6. The number of benzene rings is 1. The van der Waals surface area contributed by atoms with E-state index in [1.54, 1.807) is 6.20 Å². The lowest BCUT2D eigenvalue weighted by atomic mass is 9.98. The van der Waals surface area contributed by atoms with Gasteiger partial charge in [0, 0.05) is 37.4 Å². The van der Waals surface area contributed by atoms with Gasteiger partial charge < -0.3 is 19.6 Å². The molecule has 0 bridgehead atoms. The number of fused-ring (bicyclic) bond motifs is 1. The maximum atomic E-state index is 15.6. The highest BCUT2D eigenvalue weighted by Gasteiger charge is 2.34. The molecule has 1 aromatic carbocycles. The van der Waals surface area contributed by atoms with E-state index in [1.165, 1.54) is 34.8 Å². The van der Waals surface area contributed by atoms with Crippen molar-refractivity contribution in [1.29, 1.82) is 0 Å². The fourth-order valence-corrected chi connectivity index (χ4v) is 6.17. The van der Waals surface area contributed by atoms with Gasteiger partial charge in [-0.2, -0.15) is 4.98 Å². The monoisotopic (exact) mass is 614 g/mol. The van der Waals surface area contributed by atoms with Gasteiger partial charge in [0.2, 0.25) is 0 Å². The van der Waals surface area contributed by atoms with Crippen LogP contribution in [0.3, 0.4) is 0 Å². The van der Waals surface area contributed by atoms with E-state index in [4.69, 9.17) is 9.72 Å². The van der Waals surface area contributed by atoms with Gasteiger partial charge in [-0.15, -0.1) is 0 Å². The Balaban J connectivity index is 1.69. The van der Waals surface area contributed by atoms with Crippen molar-refractivity contribution in [1.82, 2.24) is 24.4 Å². The number of nitrogens with zero attached hydrogens (tertiary/aromatic N) is 6. The number of carbonyl (C=O) groups is 2. The number of pyridine rings is 2. The van der Waals surface area contributed by atoms with E-state index in [0.29, 0.717) is 34.8 Å². The number of methoxy groups -OCH3 is 1. The third-order valence-corrected chi connectivity index (χ3v) is 8.63. The van der Waals surface area contributed by atoms with Crippen LogP contribution in [0.4, 0.5) is 15.0 Å². The topological polar surface area (TPSA) is 131 Å². The molecule has 1 unspecified atom stereocenters. The highest BCUT2D eigenvalue weighted by molar-refractivity contribution is 5.94. The summed E-state index contributed by atoms with van der Waals surface area (Å²) in [5, 5.41) is 10.2. The number of piperazine rings is 1. The van der Waals surface area contributed by atoms with Crippen LogP contribution in [0.2, 0.25) is 0 Å². The van der Waals surface area contributed by atoms with Gasteiger partial charge in [0.15, 0.2) is 5.65 Å². The van der Waals surface area contributed by atoms with Crippen molar-refractivity contribution in [2.24, 2.45) is 0 Å². The fraction of sp³-hybridized carbons (Fsp3) is 0.394. The van der Waals surface area contributed by atoms with Crippen LogP contribution in [-0.2, 0) is 4.74 Å². The minimum atomic E-state index is -0.999. The first kappa shape index (κ1) is 30.2. The van der Waals surface area contributed by atoms with Crippen LogP contribution in [0.25, 0.3) is 28.0 Å². The zero-order valence-electron chi connectivity index (χ0n) is 25.9. The SMILES string of the molecule is COC(=O)c1ccc(F)c(-c2nc3c(cc2C2CC2)c(N2CCN(C(=O)O)CC2C)nc(=O)n3-c2c(C)ccnc2C(C)C)c1. The second-order valence-electron chi connectivity index (χ2n) is 12.1. The van der Waals surface area contributed by atoms with E-state index >= 15 is 4.39 Å². The molecule has 0 spiro atoms. The number of carboxylic acid groups (broad SMARTS) is 1. The summed E-state index contributed by atoms with van der Waals surface area (Å²) in [7, 11) is 1.27. The number of aromatic nitrogens is 4. The Morgan fingerprint density at radius 1 is 1.11 bits per heavy atom. The predicted molar refractivity (Wildman–Crippen MR) is 167 cm³/mol. The molecule has 3 aromatic heterocycles. The number of halogens is 1. The predicted octanol–water partition coefficient (Wildman–Crippen LogP) is 5.27. The summed E-state index contributed by atoms with van der Waals surface area (Å²) in [6, 6.07) is 7.51. The summed E-state index contributed by atoms with van der Waals surface area (Å²) >= 11 is 0. The first-order chi connectivity index (χ1) is 21.5. The zero-order valence-corrected chi connectivity index (χ0v) is 25.9. The first-order valence-corrected chi connectivity index (χ1v) is 15.1. The van der Waals surface area contributed by atoms with Crippen LogP contribution >= 0.6 is 0 Å². The van der Waals surface area contributed by atoms with E-state index in [9.17, 15) is 19.5 Å². The number of carbonyl (C=O) groups excluding carboxylic acids is 1. The van der Waals surface area contributed by atoms with Gasteiger partial charge >= 0.3 is 17.8 Å². The Hall–Kier alpha value is -4.87. The molecule has 0 radical (unpaired) electrons. The molecule has 1 saturated heterocycles. The Labute approximate surface area is 259 Å². The Morgan fingerprint density at radius 3 is 2.51 bits per heavy atom. The van der Waals surface area contributed by atoms with Crippen molar-refractivity contribution in [3.63, 3.8) is 0 Å². The van der Waals surface area contributed by atoms with Crippen molar-refractivity contribution >= 4 is 28.9 Å². The fourth-order valence-electron chi connectivity index (χ4n) is 6.17. The normalized spacial score (nSPS) is 16.8. The lowest BCUT2D eigenvalue weighted by molar-refractivity contribution is 0.0600. The molecule has 11 nitrogen and oxygen atoms in total. The summed E-state index contributed by atoms with van der Waals surface area (Å²) in [6.07, 6.45) is 2.47. The second-order valence-corrected chi connectivity index (χ2v) is 12.1. The maximum Gasteiger partial charge on any atom is 0.407 e. The molecule has 2 aliphatic rings. The van der Waals surface area contributed by atoms with E-state index in [2.05, 4.69) is 9.97 Å². The van der Waals surface area contributed by atoms with E-state index in [0.717, 1.165) is 24.0 Å². The highest BCUT2D eigenvalue weighted by atomic mass is 19.1. The Kier molecular flexibility index (Phi) is 7.75. The Morgan fingerprint density at radius 2 is 1.87 bits per heavy atom. The summed E-state index contributed by atoms with van der Waals surface area (Å²) in [5.74, 6) is -0.681. The molecule has 6 rings (SSSR count). The molecule has 2 fully saturated rings. The number of rotatable bonds is 6. The average Bonchev–Trinajstić information content (AvgIpc) is 3.86. The number of aryl methyl sites for hydroxylation is 1. The van der Waals surface area contributed by atoms with Crippen molar-refractivity contribution < 1.29 is 23.8 Å². The molecule has 234 valence electrons. The molecule has 1 atom stereocenters. The lowest BCUT2D eigenvalue weighted by Crippen LogP contribution is -2.54. The third kappa shape index (κ3) is 5.38. The standard InChI is InChI=1S/C33H35FN6O5/c1-17(2)26-28(18(3)10-11-35-26)40-30-24(29(37-32(40)42)39-13-12-38(33(43)44)16-19(39)4)15-22(20-6-7-20)27(36-30)23-14-21(31(41)45-5)8-9-25(23)34/h8-11,14-15,17,19-20H,6-7,12-13,16H2,1-5H3,(H,43,44). The highest BCUT2D eigenvalue weighted by Crippen LogP contribution is 2.46. The smallest absolute Gasteiger partial charge is 0.407 e. The van der Waals surface area contributed by atoms with Crippen LogP contribution in [0, 0.1) is 12.7 Å². The summed E-state index contributed by atoms with van der Waals surface area (Å²) in [5.41, 5.74) is 3.19. The van der Waals surface area contributed by atoms with Gasteiger partial charge in [-0.25, -0.2) is 28.3 Å². The van der Waals surface area contributed by atoms with Crippen LogP contribution in [-0.4, -0.2) is 74.4 Å². The van der Waals surface area contributed by atoms with E-state index in [1.807, 2.05) is 44.7 Å². The number of amides is 1. The first-order valence-electron chi connectivity index (χ1n) is 15.1. The van der Waals surface area contributed by atoms with Gasteiger partial charge in [-0.1, -0.05) is 13.8 Å². The molecule has 1 aliphatic carbocycles. The quantitative estimate of drug-likeness (QED) is 0.289. The summed E-state index contributed by atoms with van der Waals surface area (Å²) in [6.45, 7) is 8.58. The number of hydrogen-bond acceptors (Lipinski definition) is 8. The zero-order chi connectivity index (χ0) is 32.2. The van der Waals surface area contributed by atoms with Crippen LogP contribution in [0.1, 0.15) is 72.6 Å². The molecular formula is C33H35FN6O5. The number of esters is 1. The molecular weight excluding hydrogens is 579 g/mol. The van der Waals surface area contributed by atoms with E-state index < -0.39 is 23.6 Å². The van der Waals surface area contributed by atoms with Crippen LogP contribution < -0.4 is 10.6 Å². The Bertz CT molecular complexity index is 1900. The molecule has 45 heavy (non-hydrogen) atoms. The van der Waals surface area contributed by atoms with Crippen LogP contribution in [0.15, 0.2) is 41.3 Å². The second kappa shape index (κ2) is 11.6. The van der Waals surface area contributed by atoms with Crippen molar-refractivity contribution in [3.05, 3.63) is 75.2 Å². The van der Waals surface area contributed by atoms with Gasteiger partial charge in [-0.3, -0.25) is 4.98 Å². The van der Waals surface area contributed by atoms with Crippen LogP contribution in [0.5, 0.6) is 0 Å². The van der Waals surface area contributed by atoms with Gasteiger partial charge in [0.05, 0.1) is 35.1 Å². The average molecular weight is 615 g/mol. The van der Waals surface area contributed by atoms with Gasteiger partial charge in [0.1, 0.15) is 11.6 Å². The third-order valence-electron chi connectivity index (χ3n) is 8.63. The van der Waals surface area contributed by atoms with E-state index in [-0.39, 0.29) is 47.7 Å². The molecule has 1 aliphatic heterocycles. The number of hydrogen-bond donors (Lipinski definition) is 1. The molecule has 12 heteroatoms. The number of anilines is 1. The molecule has 1 amide bonds. The molecule has 1 saturated carbocycles. The molecule has 1 N–H and O–H groups in total. The van der Waals surface area contributed by atoms with Crippen molar-refractivity contribution in [2.45, 2.75) is 58.4 Å². The largest absolute Gasteiger partial charge is 0.465 e. The van der Waals surface area contributed by atoms with Gasteiger partial charge in [0.25, 0.3) is 0 Å². The molecule has 4 heterocycles. The number of ether oxygens (including phenoxy) is 1. The van der Waals surface area contributed by atoms with Crippen molar-refractivity contribution in [2.75, 3.05) is 31.6 Å². The van der Waals surface area contributed by atoms with Gasteiger partial charge in [-0.05, 0) is 80.0 Å². The summed E-state index contributed by atoms with van der Waals surface area (Å²) in [4.78, 5) is 55.9. The minimum Gasteiger partial charge on any atom is -0.465 e. The lowest BCUT2D eigenvalue weighted by Gasteiger charge is -2.39. The summed E-state index contributed by atoms with van der Waals surface area (Å²) < 4.78 is 22.0. The molecule has 4 aromatic rings. The van der Waals surface area contributed by atoms with Crippen molar-refractivity contribution in [3.8, 4) is 16.9 Å².